The van der Waals surface area contributed by atoms with E-state index in [-0.39, 0.29) is 57.0 Å². The van der Waals surface area contributed by atoms with Crippen molar-refractivity contribution < 1.29 is 70.8 Å². The van der Waals surface area contributed by atoms with Gasteiger partial charge in [-0.2, -0.15) is 0 Å². The molecule has 110 valence electrons. The Bertz CT molecular complexity index is 290. The average molecular weight is 308 g/mol. The molecule has 0 aliphatic heterocycles. The van der Waals surface area contributed by atoms with Gasteiger partial charge in [-0.25, -0.2) is 4.79 Å². The van der Waals surface area contributed by atoms with E-state index in [1.54, 1.807) is 0 Å². The van der Waals surface area contributed by atoms with Crippen LogP contribution < -0.4 is 56.5 Å². The second-order valence-corrected chi connectivity index (χ2v) is 4.76. The van der Waals surface area contributed by atoms with E-state index in [1.165, 1.54) is 32.1 Å². The Labute approximate surface area is 164 Å². The number of esters is 1. The maximum atomic E-state index is 11.3. The van der Waals surface area contributed by atoms with Crippen LogP contribution in [0.2, 0.25) is 0 Å². The molecule has 0 heterocycles. The van der Waals surface area contributed by atoms with E-state index in [2.05, 4.69) is 13.5 Å². The van der Waals surface area contributed by atoms with Gasteiger partial charge in [-0.1, -0.05) is 58.4 Å². The van der Waals surface area contributed by atoms with Crippen molar-refractivity contribution in [2.75, 3.05) is 6.61 Å². The number of carbonyl (C=O) groups is 2. The van der Waals surface area contributed by atoms with Crippen LogP contribution in [-0.4, -0.2) is 18.5 Å². The van der Waals surface area contributed by atoms with Crippen molar-refractivity contribution in [3.63, 3.8) is 0 Å². The average Bonchev–Trinajstić information content (AvgIpc) is 2.35. The topological polar surface area (TPSA) is 66.4 Å². The summed E-state index contributed by atoms with van der Waals surface area (Å²) in [5, 5.41) is 10.3. The fourth-order valence-electron chi connectivity index (χ4n) is 1.75. The molecule has 0 amide bonds. The standard InChI is InChI=1S/C15H26O4.K/c1-3-4-5-6-7-8-9-10-11-19-15(18)13(2)12-14(16)17;/h2-12H2,1H3,(H,16,17);/q;+1/p-1. The normalized spacial score (nSPS) is 9.65. The van der Waals surface area contributed by atoms with Gasteiger partial charge in [-0.3, -0.25) is 0 Å². The number of aliphatic carboxylic acids is 1. The summed E-state index contributed by atoms with van der Waals surface area (Å²) >= 11 is 0. The van der Waals surface area contributed by atoms with E-state index in [9.17, 15) is 14.7 Å². The fourth-order valence-corrected chi connectivity index (χ4v) is 1.75. The van der Waals surface area contributed by atoms with Crippen LogP contribution in [0, 0.1) is 0 Å². The van der Waals surface area contributed by atoms with Gasteiger partial charge in [0, 0.05) is 18.0 Å². The maximum absolute atomic E-state index is 11.3. The minimum Gasteiger partial charge on any atom is -0.550 e. The Balaban J connectivity index is 0. The number of hydrogen-bond donors (Lipinski definition) is 0. The summed E-state index contributed by atoms with van der Waals surface area (Å²) in [5.74, 6) is -1.94. The number of rotatable bonds is 12. The number of carbonyl (C=O) groups excluding carboxylic acids is 2. The van der Waals surface area contributed by atoms with Crippen molar-refractivity contribution in [1.82, 2.24) is 0 Å². The number of carboxylic acids is 1. The molecule has 0 bridgehead atoms. The smallest absolute Gasteiger partial charge is 0.550 e. The Morgan fingerprint density at radius 2 is 1.50 bits per heavy atom. The van der Waals surface area contributed by atoms with Crippen LogP contribution in [0.25, 0.3) is 0 Å². The molecule has 0 rings (SSSR count). The van der Waals surface area contributed by atoms with Gasteiger partial charge in [0.15, 0.2) is 0 Å². The van der Waals surface area contributed by atoms with Crippen molar-refractivity contribution in [1.29, 1.82) is 0 Å². The quantitative estimate of drug-likeness (QED) is 0.208. The molecule has 5 heteroatoms. The van der Waals surface area contributed by atoms with Crippen LogP contribution in [-0.2, 0) is 14.3 Å². The van der Waals surface area contributed by atoms with Gasteiger partial charge < -0.3 is 14.6 Å². The number of carboxylic acid groups (broad SMARTS) is 1. The van der Waals surface area contributed by atoms with E-state index in [1.807, 2.05) is 0 Å². The third-order valence-electron chi connectivity index (χ3n) is 2.88. The first-order valence-corrected chi connectivity index (χ1v) is 7.12. The van der Waals surface area contributed by atoms with Crippen LogP contribution in [0.15, 0.2) is 12.2 Å². The van der Waals surface area contributed by atoms with Gasteiger partial charge in [0.1, 0.15) is 0 Å². The van der Waals surface area contributed by atoms with E-state index >= 15 is 0 Å². The Morgan fingerprint density at radius 3 is 2.00 bits per heavy atom. The summed E-state index contributed by atoms with van der Waals surface area (Å²) < 4.78 is 4.92. The molecule has 0 aromatic carbocycles. The third-order valence-corrected chi connectivity index (χ3v) is 2.88. The van der Waals surface area contributed by atoms with Crippen molar-refractivity contribution in [2.24, 2.45) is 0 Å². The number of unbranched alkanes of at least 4 members (excludes halogenated alkanes) is 7. The van der Waals surface area contributed by atoms with Crippen molar-refractivity contribution in [3.8, 4) is 0 Å². The summed E-state index contributed by atoms with van der Waals surface area (Å²) in [4.78, 5) is 21.5. The Morgan fingerprint density at radius 1 is 1.00 bits per heavy atom. The van der Waals surface area contributed by atoms with E-state index < -0.39 is 18.4 Å². The fraction of sp³-hybridized carbons (Fsp3) is 0.733. The van der Waals surface area contributed by atoms with Crippen LogP contribution in [0.3, 0.4) is 0 Å². The molecule has 0 aliphatic carbocycles. The molecule has 0 aromatic rings. The van der Waals surface area contributed by atoms with E-state index in [0.29, 0.717) is 6.61 Å². The van der Waals surface area contributed by atoms with Crippen LogP contribution in [0.4, 0.5) is 0 Å². The minimum absolute atomic E-state index is 0. The van der Waals surface area contributed by atoms with Gasteiger partial charge in [0.05, 0.1) is 6.61 Å². The molecule has 0 N–H and O–H groups in total. The molecule has 0 aromatic heterocycles. The zero-order valence-corrected chi connectivity index (χ0v) is 16.0. The van der Waals surface area contributed by atoms with Gasteiger partial charge in [-0.15, -0.1) is 0 Å². The predicted octanol–water partition coefficient (Wildman–Crippen LogP) is -0.629. The molecule has 4 nitrogen and oxygen atoms in total. The second kappa shape index (κ2) is 15.7. The van der Waals surface area contributed by atoms with Gasteiger partial charge >= 0.3 is 57.4 Å². The summed E-state index contributed by atoms with van der Waals surface area (Å²) in [6.07, 6.45) is 8.90. The molecule has 0 fully saturated rings. The second-order valence-electron chi connectivity index (χ2n) is 4.76. The molecule has 0 saturated heterocycles. The third kappa shape index (κ3) is 14.7. The predicted molar refractivity (Wildman–Crippen MR) is 72.3 cm³/mol. The van der Waals surface area contributed by atoms with Gasteiger partial charge in [0.2, 0.25) is 0 Å². The van der Waals surface area contributed by atoms with Gasteiger partial charge in [-0.05, 0) is 6.42 Å². The number of ether oxygens (including phenoxy) is 1. The van der Waals surface area contributed by atoms with E-state index in [4.69, 9.17) is 4.74 Å². The molecule has 0 spiro atoms. The molecule has 0 unspecified atom stereocenters. The SMILES string of the molecule is C=C(CC(=O)[O-])C(=O)OCCCCCCCCCC.[K+]. The van der Waals surface area contributed by atoms with E-state index in [0.717, 1.165) is 19.3 Å². The summed E-state index contributed by atoms with van der Waals surface area (Å²) in [6.45, 7) is 5.89. The first-order chi connectivity index (χ1) is 9.07. The zero-order chi connectivity index (χ0) is 14.5. The summed E-state index contributed by atoms with van der Waals surface area (Å²) in [6, 6.07) is 0. The summed E-state index contributed by atoms with van der Waals surface area (Å²) in [7, 11) is 0. The Hall–Kier alpha value is 0.316. The largest absolute Gasteiger partial charge is 1.00 e. The Kier molecular flexibility index (Phi) is 17.7. The molecule has 0 atom stereocenters. The maximum Gasteiger partial charge on any atom is 1.00 e. The van der Waals surface area contributed by atoms with Gasteiger partial charge in [0.25, 0.3) is 0 Å². The first kappa shape index (κ1) is 22.6. The molecular weight excluding hydrogens is 283 g/mol. The van der Waals surface area contributed by atoms with Crippen LogP contribution in [0.1, 0.15) is 64.7 Å². The molecule has 0 aliphatic rings. The van der Waals surface area contributed by atoms with Crippen LogP contribution >= 0.6 is 0 Å². The molecular formula is C15H25KO4. The monoisotopic (exact) mass is 308 g/mol. The molecule has 0 radical (unpaired) electrons. The van der Waals surface area contributed by atoms with Crippen molar-refractivity contribution in [2.45, 2.75) is 64.7 Å². The minimum atomic E-state index is -1.31. The van der Waals surface area contributed by atoms with Crippen LogP contribution in [0.5, 0.6) is 0 Å². The summed E-state index contributed by atoms with van der Waals surface area (Å²) in [5.41, 5.74) is -0.0560. The molecule has 20 heavy (non-hydrogen) atoms. The zero-order valence-electron chi connectivity index (χ0n) is 12.9. The van der Waals surface area contributed by atoms with Crippen molar-refractivity contribution in [3.05, 3.63) is 12.2 Å². The number of hydrogen-bond acceptors (Lipinski definition) is 4. The molecule has 0 saturated carbocycles. The van der Waals surface area contributed by atoms with Crippen molar-refractivity contribution >= 4 is 11.9 Å². The first-order valence-electron chi connectivity index (χ1n) is 7.12.